The van der Waals surface area contributed by atoms with Crippen LogP contribution in [0.2, 0.25) is 0 Å². The van der Waals surface area contributed by atoms with Crippen LogP contribution in [0.1, 0.15) is 25.3 Å². The van der Waals surface area contributed by atoms with Gasteiger partial charge in [-0.2, -0.15) is 5.10 Å². The molecule has 0 aliphatic rings. The van der Waals surface area contributed by atoms with E-state index in [-0.39, 0.29) is 12.2 Å². The van der Waals surface area contributed by atoms with Crippen molar-refractivity contribution < 1.29 is 5.11 Å². The number of aliphatic hydroxyl groups excluding tert-OH is 1. The maximum Gasteiger partial charge on any atom is 0.267 e. The SMILES string of the molecule is C/C=C\C/C(=C\CCO)c1cnn(C)c(=O)c1. The van der Waals surface area contributed by atoms with Crippen molar-refractivity contribution in [2.45, 2.75) is 19.8 Å². The van der Waals surface area contributed by atoms with Gasteiger partial charge in [0.2, 0.25) is 0 Å². The predicted molar refractivity (Wildman–Crippen MR) is 68.6 cm³/mol. The molecule has 92 valence electrons. The highest BCUT2D eigenvalue weighted by Gasteiger charge is 2.02. The Bertz CT molecular complexity index is 473. The van der Waals surface area contributed by atoms with E-state index in [2.05, 4.69) is 5.10 Å². The molecule has 0 amide bonds. The van der Waals surface area contributed by atoms with E-state index in [1.807, 2.05) is 25.2 Å². The summed E-state index contributed by atoms with van der Waals surface area (Å²) in [4.78, 5) is 11.5. The van der Waals surface area contributed by atoms with E-state index in [1.165, 1.54) is 4.68 Å². The molecule has 1 heterocycles. The third-order valence-electron chi connectivity index (χ3n) is 2.43. The number of allylic oxidation sites excluding steroid dienone is 3. The number of aliphatic hydroxyl groups is 1. The highest BCUT2D eigenvalue weighted by molar-refractivity contribution is 5.65. The van der Waals surface area contributed by atoms with Gasteiger partial charge in [0, 0.05) is 25.3 Å². The lowest BCUT2D eigenvalue weighted by Gasteiger charge is -2.05. The molecule has 0 bridgehead atoms. The van der Waals surface area contributed by atoms with Crippen LogP contribution in [0.25, 0.3) is 5.57 Å². The normalized spacial score (nSPS) is 12.3. The molecule has 0 saturated heterocycles. The summed E-state index contributed by atoms with van der Waals surface area (Å²) in [6, 6.07) is 1.57. The zero-order chi connectivity index (χ0) is 12.7. The molecule has 0 unspecified atom stereocenters. The molecule has 0 atom stereocenters. The number of hydrogen-bond donors (Lipinski definition) is 1. The third-order valence-corrected chi connectivity index (χ3v) is 2.43. The number of nitrogens with zero attached hydrogens (tertiary/aromatic N) is 2. The lowest BCUT2D eigenvalue weighted by molar-refractivity contribution is 0.302. The van der Waals surface area contributed by atoms with Crippen LogP contribution in [0.15, 0.2) is 35.3 Å². The van der Waals surface area contributed by atoms with E-state index in [9.17, 15) is 4.79 Å². The summed E-state index contributed by atoms with van der Waals surface area (Å²) in [5, 5.41) is 12.8. The Labute approximate surface area is 101 Å². The van der Waals surface area contributed by atoms with Crippen molar-refractivity contribution in [1.82, 2.24) is 9.78 Å². The second kappa shape index (κ2) is 6.81. The van der Waals surface area contributed by atoms with E-state index in [0.717, 1.165) is 17.6 Å². The minimum absolute atomic E-state index is 0.109. The molecular formula is C13H18N2O2. The lowest BCUT2D eigenvalue weighted by Crippen LogP contribution is -2.18. The Morgan fingerprint density at radius 3 is 2.94 bits per heavy atom. The number of aromatic nitrogens is 2. The monoisotopic (exact) mass is 234 g/mol. The Morgan fingerprint density at radius 1 is 1.59 bits per heavy atom. The molecule has 1 N–H and O–H groups in total. The van der Waals surface area contributed by atoms with Crippen LogP contribution in [-0.4, -0.2) is 21.5 Å². The van der Waals surface area contributed by atoms with Crippen molar-refractivity contribution in [2.75, 3.05) is 6.61 Å². The van der Waals surface area contributed by atoms with Crippen molar-refractivity contribution in [2.24, 2.45) is 7.05 Å². The van der Waals surface area contributed by atoms with Gasteiger partial charge in [-0.3, -0.25) is 4.79 Å². The summed E-state index contributed by atoms with van der Waals surface area (Å²) in [6.07, 6.45) is 8.92. The zero-order valence-electron chi connectivity index (χ0n) is 10.3. The third kappa shape index (κ3) is 4.00. The topological polar surface area (TPSA) is 55.1 Å². The highest BCUT2D eigenvalue weighted by Crippen LogP contribution is 2.17. The highest BCUT2D eigenvalue weighted by atomic mass is 16.2. The van der Waals surface area contributed by atoms with Crippen LogP contribution in [0, 0.1) is 0 Å². The Balaban J connectivity index is 3.03. The van der Waals surface area contributed by atoms with Crippen molar-refractivity contribution >= 4 is 5.57 Å². The first-order chi connectivity index (χ1) is 8.19. The quantitative estimate of drug-likeness (QED) is 0.786. The fraction of sp³-hybridized carbons (Fsp3) is 0.385. The van der Waals surface area contributed by atoms with E-state index < -0.39 is 0 Å². The molecule has 1 aromatic heterocycles. The van der Waals surface area contributed by atoms with Gasteiger partial charge in [0.25, 0.3) is 5.56 Å². The van der Waals surface area contributed by atoms with Gasteiger partial charge >= 0.3 is 0 Å². The molecule has 0 aliphatic heterocycles. The van der Waals surface area contributed by atoms with Gasteiger partial charge in [0.05, 0.1) is 6.20 Å². The van der Waals surface area contributed by atoms with E-state index in [0.29, 0.717) is 6.42 Å². The average Bonchev–Trinajstić information content (AvgIpc) is 2.33. The van der Waals surface area contributed by atoms with E-state index in [4.69, 9.17) is 5.11 Å². The minimum atomic E-state index is -0.127. The van der Waals surface area contributed by atoms with Gasteiger partial charge < -0.3 is 5.11 Å². The van der Waals surface area contributed by atoms with Gasteiger partial charge in [0.15, 0.2) is 0 Å². The maximum atomic E-state index is 11.5. The van der Waals surface area contributed by atoms with Crippen LogP contribution >= 0.6 is 0 Å². The van der Waals surface area contributed by atoms with Crippen molar-refractivity contribution in [3.05, 3.63) is 46.4 Å². The van der Waals surface area contributed by atoms with Gasteiger partial charge in [-0.05, 0) is 25.3 Å². The van der Waals surface area contributed by atoms with E-state index >= 15 is 0 Å². The molecule has 0 radical (unpaired) electrons. The Hall–Kier alpha value is -1.68. The molecule has 17 heavy (non-hydrogen) atoms. The fourth-order valence-corrected chi connectivity index (χ4v) is 1.45. The molecular weight excluding hydrogens is 216 g/mol. The smallest absolute Gasteiger partial charge is 0.267 e. The zero-order valence-corrected chi connectivity index (χ0v) is 10.3. The second-order valence-corrected chi connectivity index (χ2v) is 3.72. The largest absolute Gasteiger partial charge is 0.396 e. The first-order valence-corrected chi connectivity index (χ1v) is 5.63. The van der Waals surface area contributed by atoms with Gasteiger partial charge in [-0.25, -0.2) is 4.68 Å². The van der Waals surface area contributed by atoms with Crippen LogP contribution in [-0.2, 0) is 7.05 Å². The molecule has 0 fully saturated rings. The standard InChI is InChI=1S/C13H18N2O2/c1-3-4-6-11(7-5-8-16)12-9-13(17)15(2)14-10-12/h3-4,7,9-10,16H,5-6,8H2,1-2H3/b4-3-,11-7+. The molecule has 4 heteroatoms. The summed E-state index contributed by atoms with van der Waals surface area (Å²) in [6.45, 7) is 2.06. The molecule has 0 aliphatic carbocycles. The number of hydrogen-bond acceptors (Lipinski definition) is 3. The summed E-state index contributed by atoms with van der Waals surface area (Å²) < 4.78 is 1.29. The summed E-state index contributed by atoms with van der Waals surface area (Å²) in [5.41, 5.74) is 1.71. The molecule has 0 saturated carbocycles. The summed E-state index contributed by atoms with van der Waals surface area (Å²) in [7, 11) is 1.62. The van der Waals surface area contributed by atoms with Gasteiger partial charge in [-0.15, -0.1) is 0 Å². The Morgan fingerprint density at radius 2 is 2.35 bits per heavy atom. The summed E-state index contributed by atoms with van der Waals surface area (Å²) >= 11 is 0. The predicted octanol–water partition coefficient (Wildman–Crippen LogP) is 1.51. The first kappa shape index (κ1) is 13.4. The molecule has 0 spiro atoms. The second-order valence-electron chi connectivity index (χ2n) is 3.72. The first-order valence-electron chi connectivity index (χ1n) is 5.63. The Kier molecular flexibility index (Phi) is 5.36. The molecule has 1 rings (SSSR count). The van der Waals surface area contributed by atoms with Crippen molar-refractivity contribution in [3.8, 4) is 0 Å². The van der Waals surface area contributed by atoms with Crippen LogP contribution < -0.4 is 5.56 Å². The number of rotatable bonds is 5. The van der Waals surface area contributed by atoms with Crippen LogP contribution in [0.3, 0.4) is 0 Å². The minimum Gasteiger partial charge on any atom is -0.396 e. The van der Waals surface area contributed by atoms with Crippen LogP contribution in [0.4, 0.5) is 0 Å². The average molecular weight is 234 g/mol. The molecule has 1 aromatic rings. The maximum absolute atomic E-state index is 11.5. The molecule has 4 nitrogen and oxygen atoms in total. The van der Waals surface area contributed by atoms with Gasteiger partial charge in [0.1, 0.15) is 0 Å². The fourth-order valence-electron chi connectivity index (χ4n) is 1.45. The van der Waals surface area contributed by atoms with Gasteiger partial charge in [-0.1, -0.05) is 18.2 Å². The number of aryl methyl sites for hydroxylation is 1. The molecule has 0 aromatic carbocycles. The van der Waals surface area contributed by atoms with E-state index in [1.54, 1.807) is 19.3 Å². The van der Waals surface area contributed by atoms with Crippen molar-refractivity contribution in [3.63, 3.8) is 0 Å². The van der Waals surface area contributed by atoms with Crippen molar-refractivity contribution in [1.29, 1.82) is 0 Å². The summed E-state index contributed by atoms with van der Waals surface area (Å²) in [5.74, 6) is 0. The van der Waals surface area contributed by atoms with Crippen LogP contribution in [0.5, 0.6) is 0 Å². The lowest BCUT2D eigenvalue weighted by atomic mass is 10.0.